The van der Waals surface area contributed by atoms with Crippen LogP contribution in [0.4, 0.5) is 4.39 Å². The van der Waals surface area contributed by atoms with Crippen LogP contribution in [0, 0.1) is 11.7 Å². The molecule has 1 aromatic rings. The van der Waals surface area contributed by atoms with Crippen molar-refractivity contribution in [1.29, 1.82) is 0 Å². The van der Waals surface area contributed by atoms with Gasteiger partial charge in [0.1, 0.15) is 16.5 Å². The molecule has 0 radical (unpaired) electrons. The molecule has 0 spiro atoms. The van der Waals surface area contributed by atoms with Crippen molar-refractivity contribution in [3.05, 3.63) is 24.0 Å². The molecule has 168 valence electrons. The summed E-state index contributed by atoms with van der Waals surface area (Å²) < 4.78 is 51.5. The number of rotatable bonds is 8. The summed E-state index contributed by atoms with van der Waals surface area (Å²) in [4.78, 5) is 14.7. The van der Waals surface area contributed by atoms with Crippen LogP contribution in [0.5, 0.6) is 5.75 Å². The van der Waals surface area contributed by atoms with E-state index in [4.69, 9.17) is 9.47 Å². The minimum Gasteiger partial charge on any atom is -0.495 e. The van der Waals surface area contributed by atoms with Crippen LogP contribution in [0.2, 0.25) is 0 Å². The molecule has 0 aliphatic carbocycles. The molecule has 0 aromatic heterocycles. The van der Waals surface area contributed by atoms with Crippen molar-refractivity contribution >= 4 is 15.9 Å². The number of methoxy groups -OCH3 is 1. The summed E-state index contributed by atoms with van der Waals surface area (Å²) in [5.74, 6) is -1.12. The highest BCUT2D eigenvalue weighted by atomic mass is 32.2. The third-order valence-corrected chi connectivity index (χ3v) is 7.44. The summed E-state index contributed by atoms with van der Waals surface area (Å²) >= 11 is 0. The molecule has 10 heteroatoms. The molecule has 1 aromatic carbocycles. The van der Waals surface area contributed by atoms with Gasteiger partial charge in [-0.25, -0.2) is 12.8 Å². The Kier molecular flexibility index (Phi) is 8.04. The van der Waals surface area contributed by atoms with Gasteiger partial charge in [-0.3, -0.25) is 9.69 Å². The number of morpholine rings is 1. The minimum absolute atomic E-state index is 0.0807. The molecule has 0 unspecified atom stereocenters. The molecule has 2 saturated heterocycles. The van der Waals surface area contributed by atoms with Crippen LogP contribution in [-0.4, -0.2) is 83.1 Å². The fraction of sp³-hybridized carbons (Fsp3) is 0.650. The topological polar surface area (TPSA) is 88.2 Å². The van der Waals surface area contributed by atoms with Crippen molar-refractivity contribution in [3.63, 3.8) is 0 Å². The zero-order chi connectivity index (χ0) is 21.6. The average Bonchev–Trinajstić information content (AvgIpc) is 2.77. The maximum Gasteiger partial charge on any atom is 0.246 e. The molecule has 2 heterocycles. The largest absolute Gasteiger partial charge is 0.495 e. The first-order valence-electron chi connectivity index (χ1n) is 10.3. The smallest absolute Gasteiger partial charge is 0.246 e. The number of benzene rings is 1. The van der Waals surface area contributed by atoms with E-state index >= 15 is 0 Å². The van der Waals surface area contributed by atoms with Gasteiger partial charge in [0.25, 0.3) is 0 Å². The number of carbonyl (C=O) groups excluding carboxylic acids is 1. The van der Waals surface area contributed by atoms with E-state index in [2.05, 4.69) is 10.2 Å². The van der Waals surface area contributed by atoms with Crippen molar-refractivity contribution < 1.29 is 27.1 Å². The number of piperidine rings is 1. The van der Waals surface area contributed by atoms with Gasteiger partial charge in [-0.15, -0.1) is 0 Å². The van der Waals surface area contributed by atoms with Gasteiger partial charge in [0.05, 0.1) is 26.2 Å². The van der Waals surface area contributed by atoms with E-state index in [1.807, 2.05) is 0 Å². The molecule has 2 fully saturated rings. The van der Waals surface area contributed by atoms with E-state index in [9.17, 15) is 17.6 Å². The maximum absolute atomic E-state index is 13.7. The van der Waals surface area contributed by atoms with Crippen molar-refractivity contribution in [1.82, 2.24) is 14.5 Å². The third-order valence-electron chi connectivity index (χ3n) is 5.55. The van der Waals surface area contributed by atoms with Crippen LogP contribution in [-0.2, 0) is 19.6 Å². The van der Waals surface area contributed by atoms with Crippen LogP contribution in [0.25, 0.3) is 0 Å². The monoisotopic (exact) mass is 443 g/mol. The Hall–Kier alpha value is -1.75. The van der Waals surface area contributed by atoms with Gasteiger partial charge >= 0.3 is 0 Å². The number of sulfonamides is 1. The van der Waals surface area contributed by atoms with Gasteiger partial charge in [-0.1, -0.05) is 0 Å². The summed E-state index contributed by atoms with van der Waals surface area (Å²) in [5.41, 5.74) is 0. The van der Waals surface area contributed by atoms with E-state index in [0.29, 0.717) is 25.9 Å². The molecule has 1 N–H and O–H groups in total. The Bertz CT molecular complexity index is 830. The van der Waals surface area contributed by atoms with Gasteiger partial charge in [0.15, 0.2) is 0 Å². The summed E-state index contributed by atoms with van der Waals surface area (Å²) in [6.07, 6.45) is 2.03. The number of hydrogen-bond donors (Lipinski definition) is 1. The first-order chi connectivity index (χ1) is 14.4. The van der Waals surface area contributed by atoms with Crippen molar-refractivity contribution in [2.75, 3.05) is 59.6 Å². The number of hydrogen-bond acceptors (Lipinski definition) is 6. The summed E-state index contributed by atoms with van der Waals surface area (Å²) in [6.45, 7) is 5.13. The summed E-state index contributed by atoms with van der Waals surface area (Å²) in [5, 5.41) is 2.93. The highest BCUT2D eigenvalue weighted by Gasteiger charge is 2.35. The molecular weight excluding hydrogens is 413 g/mol. The van der Waals surface area contributed by atoms with Crippen molar-refractivity contribution in [2.24, 2.45) is 5.92 Å². The summed E-state index contributed by atoms with van der Waals surface area (Å²) in [6, 6.07) is 3.41. The van der Waals surface area contributed by atoms with Crippen LogP contribution >= 0.6 is 0 Å². The Morgan fingerprint density at radius 2 is 2.07 bits per heavy atom. The van der Waals surface area contributed by atoms with Gasteiger partial charge in [0, 0.05) is 32.7 Å². The lowest BCUT2D eigenvalue weighted by molar-refractivity contribution is -0.126. The predicted molar refractivity (Wildman–Crippen MR) is 109 cm³/mol. The van der Waals surface area contributed by atoms with Crippen LogP contribution in [0.15, 0.2) is 23.1 Å². The second-order valence-electron chi connectivity index (χ2n) is 7.60. The lowest BCUT2D eigenvalue weighted by atomic mass is 9.99. The van der Waals surface area contributed by atoms with Crippen LogP contribution in [0.1, 0.15) is 19.3 Å². The lowest BCUT2D eigenvalue weighted by Crippen LogP contribution is -2.46. The first-order valence-corrected chi connectivity index (χ1v) is 11.8. The Labute approximate surface area is 177 Å². The van der Waals surface area contributed by atoms with E-state index in [0.717, 1.165) is 51.4 Å². The normalized spacial score (nSPS) is 21.3. The Morgan fingerprint density at radius 3 is 2.80 bits per heavy atom. The van der Waals surface area contributed by atoms with Gasteiger partial charge in [-0.2, -0.15) is 4.31 Å². The molecule has 0 bridgehead atoms. The average molecular weight is 444 g/mol. The predicted octanol–water partition coefficient (Wildman–Crippen LogP) is 1.07. The fourth-order valence-electron chi connectivity index (χ4n) is 3.85. The fourth-order valence-corrected chi connectivity index (χ4v) is 5.54. The van der Waals surface area contributed by atoms with Gasteiger partial charge in [0.2, 0.25) is 15.9 Å². The van der Waals surface area contributed by atoms with E-state index in [1.165, 1.54) is 17.5 Å². The Morgan fingerprint density at radius 1 is 1.30 bits per heavy atom. The molecule has 0 saturated carbocycles. The maximum atomic E-state index is 13.7. The van der Waals surface area contributed by atoms with Crippen LogP contribution < -0.4 is 10.1 Å². The number of halogens is 1. The first kappa shape index (κ1) is 22.9. The molecular formula is C20H30FN3O5S. The van der Waals surface area contributed by atoms with Crippen molar-refractivity contribution in [2.45, 2.75) is 24.2 Å². The second kappa shape index (κ2) is 10.5. The zero-order valence-electron chi connectivity index (χ0n) is 17.3. The zero-order valence-corrected chi connectivity index (χ0v) is 18.1. The highest BCUT2D eigenvalue weighted by molar-refractivity contribution is 7.89. The number of nitrogens with one attached hydrogen (secondary N) is 1. The SMILES string of the molecule is COc1ccc(F)cc1S(=O)(=O)N1CCC[C@@H](C(=O)NCCCN2CCOCC2)C1. The molecule has 1 atom stereocenters. The molecule has 2 aliphatic heterocycles. The van der Waals surface area contributed by atoms with Crippen LogP contribution in [0.3, 0.4) is 0 Å². The van der Waals surface area contributed by atoms with Crippen molar-refractivity contribution in [3.8, 4) is 5.75 Å². The molecule has 8 nitrogen and oxygen atoms in total. The molecule has 3 rings (SSSR count). The number of amides is 1. The summed E-state index contributed by atoms with van der Waals surface area (Å²) in [7, 11) is -2.62. The van der Waals surface area contributed by atoms with Gasteiger partial charge in [-0.05, 0) is 44.0 Å². The highest BCUT2D eigenvalue weighted by Crippen LogP contribution is 2.30. The number of carbonyl (C=O) groups is 1. The lowest BCUT2D eigenvalue weighted by Gasteiger charge is -2.31. The molecule has 30 heavy (non-hydrogen) atoms. The third kappa shape index (κ3) is 5.69. The quantitative estimate of drug-likeness (QED) is 0.605. The van der Waals surface area contributed by atoms with Gasteiger partial charge < -0.3 is 14.8 Å². The van der Waals surface area contributed by atoms with E-state index in [-0.39, 0.29) is 23.1 Å². The number of nitrogens with zero attached hydrogens (tertiary/aromatic N) is 2. The molecule has 2 aliphatic rings. The minimum atomic E-state index is -3.96. The second-order valence-corrected chi connectivity index (χ2v) is 9.50. The standard InChI is InChI=1S/C20H30FN3O5S/c1-28-18-6-5-17(21)14-19(18)30(26,27)24-9-2-4-16(15-24)20(25)22-7-3-8-23-10-12-29-13-11-23/h5-6,14,16H,2-4,7-13,15H2,1H3,(H,22,25)/t16-/m1/s1. The van der Waals surface area contributed by atoms with E-state index < -0.39 is 21.8 Å². The number of ether oxygens (including phenoxy) is 2. The van der Waals surface area contributed by atoms with E-state index in [1.54, 1.807) is 0 Å². The molecule has 1 amide bonds. The Balaban J connectivity index is 1.55.